The third kappa shape index (κ3) is 45.4. The molecule has 8 unspecified atom stereocenters. The average molecular weight is 1140 g/mol. The lowest BCUT2D eigenvalue weighted by Crippen LogP contribution is -2.61. The lowest BCUT2D eigenvalue weighted by Gasteiger charge is -2.41. The normalized spacial score (nSPS) is 19.0. The van der Waals surface area contributed by atoms with Crippen molar-refractivity contribution >= 4 is 11.9 Å². The van der Waals surface area contributed by atoms with Crippen LogP contribution in [-0.2, 0) is 23.8 Å². The van der Waals surface area contributed by atoms with Crippen LogP contribution >= 0.6 is 0 Å². The molecule has 1 aliphatic heterocycles. The molecule has 6 N–H and O–H groups in total. The first-order valence-electron chi connectivity index (χ1n) is 34.1. The Bertz CT molecular complexity index is 1550. The number of carbonyl (C=O) groups excluding carboxylic acids is 2. The third-order valence-corrected chi connectivity index (χ3v) is 15.9. The van der Waals surface area contributed by atoms with E-state index in [9.17, 15) is 35.1 Å². The molecule has 1 saturated heterocycles. The number of allylic oxidation sites excluding steroid dienone is 9. The number of hydrogen-bond acceptors (Lipinski definition) is 10. The first-order valence-corrected chi connectivity index (χ1v) is 34.1. The summed E-state index contributed by atoms with van der Waals surface area (Å²) in [6.07, 6.45) is 62.6. The summed E-state index contributed by atoms with van der Waals surface area (Å²) in [5.74, 6) is -1.19. The Morgan fingerprint density at radius 1 is 0.481 bits per heavy atom. The molecule has 0 aromatic carbocycles. The Labute approximate surface area is 497 Å². The van der Waals surface area contributed by atoms with Crippen molar-refractivity contribution in [2.45, 2.75) is 359 Å². The van der Waals surface area contributed by atoms with Crippen LogP contribution < -0.4 is 5.32 Å². The van der Waals surface area contributed by atoms with E-state index in [2.05, 4.69) is 74.7 Å². The highest BCUT2D eigenvalue weighted by Crippen LogP contribution is 2.26. The van der Waals surface area contributed by atoms with E-state index in [0.29, 0.717) is 12.8 Å². The molecule has 0 aromatic rings. The number of unbranched alkanes of at least 4 members (excludes halogenated alkanes) is 36. The minimum Gasteiger partial charge on any atom is -0.454 e. The molecule has 8 atom stereocenters. The highest BCUT2D eigenvalue weighted by Gasteiger charge is 2.47. The minimum absolute atomic E-state index is 0.126. The molecule has 0 saturated carbocycles. The van der Waals surface area contributed by atoms with E-state index in [1.54, 1.807) is 6.08 Å². The summed E-state index contributed by atoms with van der Waals surface area (Å²) in [7, 11) is 0. The second-order valence-corrected chi connectivity index (χ2v) is 23.6. The minimum atomic E-state index is -1.61. The van der Waals surface area contributed by atoms with Gasteiger partial charge in [-0.05, 0) is 70.6 Å². The SMILES string of the molecule is CCCCC/C=C\C/C=C\C/C=C\C/C=C\CCCCCCCCCCCCC(O)C(=O)NC(COC1OC(CO)C(O)C(O)C1OC(=O)CCCCCCCCCCCCCCCC)C(O)/C=C/CCCCCCCCCCCC. The fourth-order valence-electron chi connectivity index (χ4n) is 10.5. The second kappa shape index (κ2) is 57.8. The number of rotatable bonds is 58. The van der Waals surface area contributed by atoms with Crippen LogP contribution in [0.2, 0.25) is 0 Å². The molecule has 1 aliphatic rings. The number of hydrogen-bond donors (Lipinski definition) is 6. The molecule has 11 heteroatoms. The Morgan fingerprint density at radius 3 is 1.30 bits per heavy atom. The molecular weight excluding hydrogens is 1010 g/mol. The average Bonchev–Trinajstić information content (AvgIpc) is 3.48. The van der Waals surface area contributed by atoms with Crippen LogP contribution in [0.4, 0.5) is 0 Å². The molecule has 0 aliphatic carbocycles. The maximum atomic E-state index is 13.5. The monoisotopic (exact) mass is 1140 g/mol. The van der Waals surface area contributed by atoms with Crippen LogP contribution in [0, 0.1) is 0 Å². The standard InChI is InChI=1S/C70H127NO10/c1-4-7-10-13-16-19-22-25-27-28-29-30-31-32-33-34-35-36-37-38-39-42-45-48-51-54-57-63(74)69(78)71-61(62(73)56-53-50-47-44-41-24-21-18-15-12-9-6-3)60-79-70-68(67(77)66(76)64(59-72)80-70)81-65(75)58-55-52-49-46-43-40-26-23-20-17-14-11-8-5-2/h16,19,25,27,29-30,32-33,53,56,61-64,66-68,70,72-74,76-77H,4-15,17-18,20-24,26,28,31,34-52,54-55,57-60H2,1-3H3,(H,71,78)/b19-16-,27-25-,30-29-,33-32-,56-53+. The van der Waals surface area contributed by atoms with Gasteiger partial charge < -0.3 is 45.1 Å². The van der Waals surface area contributed by atoms with E-state index in [-0.39, 0.29) is 19.4 Å². The van der Waals surface area contributed by atoms with Gasteiger partial charge in [0.2, 0.25) is 5.91 Å². The third-order valence-electron chi connectivity index (χ3n) is 15.9. The van der Waals surface area contributed by atoms with Gasteiger partial charge in [0, 0.05) is 6.42 Å². The Balaban J connectivity index is 2.58. The fraction of sp³-hybridized carbons (Fsp3) is 0.829. The molecular formula is C70H127NO10. The topological polar surface area (TPSA) is 175 Å². The van der Waals surface area contributed by atoms with Crippen LogP contribution in [0.15, 0.2) is 60.8 Å². The van der Waals surface area contributed by atoms with Gasteiger partial charge in [-0.2, -0.15) is 0 Å². The number of esters is 1. The summed E-state index contributed by atoms with van der Waals surface area (Å²) >= 11 is 0. The molecule has 1 amide bonds. The lowest BCUT2D eigenvalue weighted by atomic mass is 9.99. The zero-order valence-electron chi connectivity index (χ0n) is 52.4. The number of nitrogens with one attached hydrogen (secondary N) is 1. The van der Waals surface area contributed by atoms with E-state index in [1.165, 1.54) is 180 Å². The van der Waals surface area contributed by atoms with Crippen molar-refractivity contribution < 1.29 is 49.3 Å². The smallest absolute Gasteiger partial charge is 0.306 e. The van der Waals surface area contributed by atoms with E-state index in [1.807, 2.05) is 6.08 Å². The van der Waals surface area contributed by atoms with Gasteiger partial charge in [-0.3, -0.25) is 9.59 Å². The Morgan fingerprint density at radius 2 is 0.852 bits per heavy atom. The van der Waals surface area contributed by atoms with Gasteiger partial charge >= 0.3 is 5.97 Å². The Kier molecular flexibility index (Phi) is 54.5. The van der Waals surface area contributed by atoms with E-state index >= 15 is 0 Å². The predicted octanol–water partition coefficient (Wildman–Crippen LogP) is 17.0. The van der Waals surface area contributed by atoms with Gasteiger partial charge in [-0.15, -0.1) is 0 Å². The highest BCUT2D eigenvalue weighted by atomic mass is 16.7. The quantitative estimate of drug-likeness (QED) is 0.0195. The summed E-state index contributed by atoms with van der Waals surface area (Å²) in [6, 6.07) is -1.03. The molecule has 0 spiro atoms. The summed E-state index contributed by atoms with van der Waals surface area (Å²) in [5.41, 5.74) is 0. The largest absolute Gasteiger partial charge is 0.454 e. The molecule has 0 aromatic heterocycles. The van der Waals surface area contributed by atoms with Crippen molar-refractivity contribution in [2.24, 2.45) is 0 Å². The number of aliphatic hydroxyl groups excluding tert-OH is 5. The maximum absolute atomic E-state index is 13.5. The van der Waals surface area contributed by atoms with Crippen molar-refractivity contribution in [1.82, 2.24) is 5.32 Å². The van der Waals surface area contributed by atoms with Gasteiger partial charge in [0.25, 0.3) is 0 Å². The predicted molar refractivity (Wildman–Crippen MR) is 338 cm³/mol. The molecule has 1 rings (SSSR count). The molecule has 1 fully saturated rings. The van der Waals surface area contributed by atoms with Crippen LogP contribution in [0.25, 0.3) is 0 Å². The van der Waals surface area contributed by atoms with Gasteiger partial charge in [0.1, 0.15) is 24.4 Å². The number of carbonyl (C=O) groups is 2. The van der Waals surface area contributed by atoms with Crippen molar-refractivity contribution in [3.63, 3.8) is 0 Å². The fourth-order valence-corrected chi connectivity index (χ4v) is 10.5. The number of ether oxygens (including phenoxy) is 3. The molecule has 1 heterocycles. The van der Waals surface area contributed by atoms with E-state index < -0.39 is 67.4 Å². The molecule has 0 radical (unpaired) electrons. The van der Waals surface area contributed by atoms with Gasteiger partial charge in [-0.25, -0.2) is 0 Å². The molecule has 81 heavy (non-hydrogen) atoms. The van der Waals surface area contributed by atoms with Crippen molar-refractivity contribution in [2.75, 3.05) is 13.2 Å². The zero-order valence-corrected chi connectivity index (χ0v) is 52.4. The maximum Gasteiger partial charge on any atom is 0.306 e. The highest BCUT2D eigenvalue weighted by molar-refractivity contribution is 5.80. The molecule has 11 nitrogen and oxygen atoms in total. The van der Waals surface area contributed by atoms with Crippen LogP contribution in [0.5, 0.6) is 0 Å². The van der Waals surface area contributed by atoms with E-state index in [0.717, 1.165) is 83.5 Å². The van der Waals surface area contributed by atoms with Crippen LogP contribution in [0.1, 0.15) is 310 Å². The second-order valence-electron chi connectivity index (χ2n) is 23.6. The summed E-state index contributed by atoms with van der Waals surface area (Å²) < 4.78 is 17.6. The molecule has 0 bridgehead atoms. The number of aliphatic hydroxyl groups is 5. The van der Waals surface area contributed by atoms with Gasteiger partial charge in [0.05, 0.1) is 25.4 Å². The van der Waals surface area contributed by atoms with Gasteiger partial charge in [0.15, 0.2) is 12.4 Å². The van der Waals surface area contributed by atoms with Crippen molar-refractivity contribution in [3.05, 3.63) is 60.8 Å². The van der Waals surface area contributed by atoms with Crippen molar-refractivity contribution in [1.29, 1.82) is 0 Å². The van der Waals surface area contributed by atoms with E-state index in [4.69, 9.17) is 14.2 Å². The molecule has 472 valence electrons. The first-order chi connectivity index (χ1) is 39.7. The zero-order chi connectivity index (χ0) is 58.9. The van der Waals surface area contributed by atoms with Crippen molar-refractivity contribution in [3.8, 4) is 0 Å². The van der Waals surface area contributed by atoms with Crippen LogP contribution in [-0.4, -0.2) is 99.6 Å². The summed E-state index contributed by atoms with van der Waals surface area (Å²) in [6.45, 7) is 5.78. The first kappa shape index (κ1) is 76.4. The number of amides is 1. The lowest BCUT2D eigenvalue weighted by molar-refractivity contribution is -0.305. The van der Waals surface area contributed by atoms with Crippen LogP contribution in [0.3, 0.4) is 0 Å². The van der Waals surface area contributed by atoms with Gasteiger partial charge in [-0.1, -0.05) is 293 Å². The summed E-state index contributed by atoms with van der Waals surface area (Å²) in [4.78, 5) is 26.6. The Hall–Kier alpha value is -2.64. The summed E-state index contributed by atoms with van der Waals surface area (Å²) in [5, 5.41) is 57.1.